The number of ether oxygens (including phenoxy) is 9. The molecule has 20 fully saturated rings. The summed E-state index contributed by atoms with van der Waals surface area (Å²) >= 11 is 0. The van der Waals surface area contributed by atoms with Crippen molar-refractivity contribution in [3.8, 4) is 0 Å². The second kappa shape index (κ2) is 65.4. The van der Waals surface area contributed by atoms with Crippen molar-refractivity contribution in [2.45, 2.75) is 556 Å². The van der Waals surface area contributed by atoms with E-state index < -0.39 is 11.9 Å². The molecule has 19 nitrogen and oxygen atoms in total. The molecule has 20 rings (SSSR count). The van der Waals surface area contributed by atoms with Gasteiger partial charge >= 0.3 is 47.8 Å². The standard InChI is InChI=1S/C20H34O2.C19H32O2.C15H26O3.2C15H24O2.C11H18O2.2C10H16O3.16CH4/c1-6-12-9-13(7-2)18-15-10-14(17(12)18)11-16(15)19(21)22-20(4,5)8-3;1-6-11-8-12(7-2)17-14-9-13(16(11)17)10-15(14)18(20)21-19(3,4)5;1-4-11-10-12(13(5-2)17-11)14(16)18-15(3)8-6-7-9-15;2*1-3-8-5-9(4-2)14-11-6-10(13(8)14)7-12(11)15(16)17;1-3-7-5-8(4-2)10-9(7)6-13-11(10)12;2*1-3-7-6-5-12-10(11)9(6)8(4-2)13-7;;;;;;;;;;;;;;;;/h12-18H,6-11H2,1-5H3;11-17H,6-10H2,1-5H3;11-13H,4-10H2,1-3H3;2*8-14H,3-7H2,1-2H3,(H,16,17);7-10H,3-6H2,1-2H3;2*6-9H,3-5H2,1-2H3;16*1H4. The predicted octanol–water partition coefficient (Wildman–Crippen LogP) is 35.2. The molecule has 19 heteroatoms. The van der Waals surface area contributed by atoms with Crippen molar-refractivity contribution in [1.29, 1.82) is 0 Å². The summed E-state index contributed by atoms with van der Waals surface area (Å²) in [5.41, 5.74) is -0.853. The molecular formula is C131H254O19. The van der Waals surface area contributed by atoms with Gasteiger partial charge in [-0.1, -0.05) is 301 Å². The van der Waals surface area contributed by atoms with E-state index in [0.29, 0.717) is 67.2 Å². The molecule has 14 aliphatic carbocycles. The molecular weight excluding hydrogens is 1880 g/mol. The molecule has 892 valence electrons. The number of hydrogen-bond acceptors (Lipinski definition) is 17. The highest BCUT2D eigenvalue weighted by Crippen LogP contribution is 2.70. The fourth-order valence-electron chi connectivity index (χ4n) is 34.8. The van der Waals surface area contributed by atoms with Gasteiger partial charge in [0, 0.05) is 17.8 Å². The lowest BCUT2D eigenvalue weighted by molar-refractivity contribution is -0.166. The van der Waals surface area contributed by atoms with Crippen molar-refractivity contribution in [2.75, 3.05) is 19.8 Å². The minimum atomic E-state index is -0.522. The maximum Gasteiger partial charge on any atom is 0.312 e. The van der Waals surface area contributed by atoms with Crippen LogP contribution in [0.2, 0.25) is 0 Å². The second-order valence-electron chi connectivity index (χ2n) is 48.8. The molecule has 8 bridgehead atoms. The molecule has 150 heavy (non-hydrogen) atoms. The van der Waals surface area contributed by atoms with Crippen molar-refractivity contribution < 1.29 is 91.2 Å². The van der Waals surface area contributed by atoms with Crippen molar-refractivity contribution in [3.05, 3.63) is 0 Å². The van der Waals surface area contributed by atoms with Crippen LogP contribution in [0.3, 0.4) is 0 Å². The van der Waals surface area contributed by atoms with Crippen LogP contribution in [0.5, 0.6) is 0 Å². The number of carboxylic acids is 2. The third-order valence-corrected chi connectivity index (χ3v) is 41.2. The first-order valence-electron chi connectivity index (χ1n) is 56.6. The Bertz CT molecular complexity index is 3690. The SMILES string of the molecule is C.C.C.C.C.C.C.C.C.C.C.C.C.C.C.C.CCC1CC(C(=O)OC2(C)CCCC2)C(CC)O1.CCC1CC(CC)C2C(=O)OCC12.CCC1CC(CC)C2C3CC(CC3C(=O)O)C12.CCC1CC(CC)C2C3CC(CC3C(=O)O)C12.CCC1CC(CC)C2C3CC(CC3C(=O)OC(C)(C)C)C12.CCC1CC(CC)C2C3CC(CC3C(=O)OC(C)(C)CC)C12.CCC1OC(CC)C2C(=O)OCC12.CCC1OC(CC)C2C(=O)OCC12. The molecule has 0 aromatic carbocycles. The van der Waals surface area contributed by atoms with Gasteiger partial charge in [-0.05, 0) is 356 Å². The smallest absolute Gasteiger partial charge is 0.312 e. The maximum absolute atomic E-state index is 12.7. The number of carboxylic acid groups (broad SMARTS) is 2. The molecule has 0 aromatic rings. The van der Waals surface area contributed by atoms with Crippen molar-refractivity contribution >= 4 is 47.8 Å². The fraction of sp³-hybridized carbons (Fsp3) is 0.939. The highest BCUT2D eigenvalue weighted by atomic mass is 16.6. The van der Waals surface area contributed by atoms with Gasteiger partial charge in [-0.2, -0.15) is 0 Å². The van der Waals surface area contributed by atoms with E-state index in [1.54, 1.807) is 0 Å². The zero-order valence-corrected chi connectivity index (χ0v) is 88.0. The molecule has 14 saturated carbocycles. The summed E-state index contributed by atoms with van der Waals surface area (Å²) in [5, 5.41) is 18.7. The summed E-state index contributed by atoms with van der Waals surface area (Å²) in [5.74, 6) is 21.4. The number of aliphatic carboxylic acids is 2. The topological polar surface area (TPSA) is 260 Å². The maximum atomic E-state index is 12.7. The van der Waals surface area contributed by atoms with Gasteiger partial charge in [-0.3, -0.25) is 38.4 Å². The van der Waals surface area contributed by atoms with Crippen LogP contribution in [0, 0.1) is 219 Å². The number of esters is 6. The first-order chi connectivity index (χ1) is 64.0. The van der Waals surface area contributed by atoms with Crippen molar-refractivity contribution in [1.82, 2.24) is 0 Å². The van der Waals surface area contributed by atoms with E-state index >= 15 is 0 Å². The van der Waals surface area contributed by atoms with E-state index in [9.17, 15) is 48.6 Å². The number of fused-ring (bicyclic) bond motifs is 23. The second-order valence-corrected chi connectivity index (χ2v) is 48.8. The van der Waals surface area contributed by atoms with Gasteiger partial charge in [-0.15, -0.1) is 0 Å². The third kappa shape index (κ3) is 31.3. The molecule has 6 saturated heterocycles. The van der Waals surface area contributed by atoms with Gasteiger partial charge in [0.15, 0.2) is 0 Å². The van der Waals surface area contributed by atoms with Crippen molar-refractivity contribution in [2.24, 2.45) is 219 Å². The van der Waals surface area contributed by atoms with Crippen LogP contribution in [-0.4, -0.2) is 131 Å². The molecule has 20 aliphatic rings. The van der Waals surface area contributed by atoms with Gasteiger partial charge in [0.05, 0.1) is 104 Å². The number of rotatable bonds is 24. The van der Waals surface area contributed by atoms with Crippen LogP contribution in [0.15, 0.2) is 0 Å². The summed E-state index contributed by atoms with van der Waals surface area (Å²) in [6.07, 6.45) is 41.5. The summed E-state index contributed by atoms with van der Waals surface area (Å²) < 4.78 is 50.1. The first kappa shape index (κ1) is 152. The molecule has 0 amide bonds. The summed E-state index contributed by atoms with van der Waals surface area (Å²) in [4.78, 5) is 94.5. The lowest BCUT2D eigenvalue weighted by Gasteiger charge is -2.36. The Balaban J connectivity index is -0.000000804. The Kier molecular flexibility index (Phi) is 66.2. The van der Waals surface area contributed by atoms with E-state index in [1.165, 1.54) is 128 Å². The van der Waals surface area contributed by atoms with Crippen LogP contribution >= 0.6 is 0 Å². The summed E-state index contributed by atoms with van der Waals surface area (Å²) in [6.45, 7) is 51.6. The number of carbonyl (C=O) groups is 8. The van der Waals surface area contributed by atoms with E-state index in [2.05, 4.69) is 125 Å². The van der Waals surface area contributed by atoms with Crippen LogP contribution in [0.4, 0.5) is 0 Å². The van der Waals surface area contributed by atoms with Crippen LogP contribution in [0.25, 0.3) is 0 Å². The molecule has 43 atom stereocenters. The van der Waals surface area contributed by atoms with Gasteiger partial charge in [0.2, 0.25) is 0 Å². The highest BCUT2D eigenvalue weighted by Gasteiger charge is 2.67. The van der Waals surface area contributed by atoms with Gasteiger partial charge in [0.25, 0.3) is 0 Å². The Hall–Kier alpha value is -4.36. The molecule has 0 radical (unpaired) electrons. The Labute approximate surface area is 928 Å². The fourth-order valence-corrected chi connectivity index (χ4v) is 34.8. The molecule has 43 unspecified atom stereocenters. The zero-order chi connectivity index (χ0) is 97.2. The quantitative estimate of drug-likeness (QED) is 0.0672. The van der Waals surface area contributed by atoms with Crippen LogP contribution in [-0.2, 0) is 81.0 Å². The normalized spacial score (nSPS) is 39.8. The van der Waals surface area contributed by atoms with E-state index in [4.69, 9.17) is 42.6 Å². The first-order valence-corrected chi connectivity index (χ1v) is 56.6. The molecule has 6 heterocycles. The van der Waals surface area contributed by atoms with E-state index in [-0.39, 0.29) is 255 Å². The number of cyclic esters (lactones) is 3. The number of hydrogen-bond donors (Lipinski definition) is 2. The van der Waals surface area contributed by atoms with Gasteiger partial charge in [-0.25, -0.2) is 0 Å². The Morgan fingerprint density at radius 3 is 0.853 bits per heavy atom. The minimum Gasteiger partial charge on any atom is -0.481 e. The monoisotopic (exact) mass is 2130 g/mol. The lowest BCUT2D eigenvalue weighted by Crippen LogP contribution is -2.38. The minimum absolute atomic E-state index is 0. The Morgan fingerprint density at radius 1 is 0.287 bits per heavy atom. The summed E-state index contributed by atoms with van der Waals surface area (Å²) in [7, 11) is 0. The van der Waals surface area contributed by atoms with E-state index in [1.807, 2.05) is 34.6 Å². The predicted molar refractivity (Wildman–Crippen MR) is 630 cm³/mol. The molecule has 0 aromatic heterocycles. The lowest BCUT2D eigenvalue weighted by atomic mass is 9.70. The highest BCUT2D eigenvalue weighted by molar-refractivity contribution is 5.78. The number of carbonyl (C=O) groups excluding carboxylic acids is 6. The largest absolute Gasteiger partial charge is 0.481 e. The average Bonchev–Trinajstić information content (AvgIpc) is 1.57. The van der Waals surface area contributed by atoms with Crippen LogP contribution < -0.4 is 0 Å². The average molecular weight is 2130 g/mol. The molecule has 2 N–H and O–H groups in total. The van der Waals surface area contributed by atoms with Crippen LogP contribution in [0.1, 0.15) is 503 Å². The third-order valence-electron chi connectivity index (χ3n) is 41.2. The summed E-state index contributed by atoms with van der Waals surface area (Å²) in [6, 6.07) is 0. The molecule has 0 spiro atoms. The zero-order valence-electron chi connectivity index (χ0n) is 88.0. The van der Waals surface area contributed by atoms with E-state index in [0.717, 1.165) is 221 Å². The van der Waals surface area contributed by atoms with Gasteiger partial charge in [0.1, 0.15) is 16.8 Å². The Morgan fingerprint density at radius 2 is 0.567 bits per heavy atom. The van der Waals surface area contributed by atoms with Gasteiger partial charge < -0.3 is 52.8 Å². The van der Waals surface area contributed by atoms with Crippen molar-refractivity contribution in [3.63, 3.8) is 0 Å². The molecule has 6 aliphatic heterocycles.